The van der Waals surface area contributed by atoms with Gasteiger partial charge in [-0.1, -0.05) is 45.2 Å². The van der Waals surface area contributed by atoms with Crippen LogP contribution in [0, 0.1) is 5.41 Å². The first-order chi connectivity index (χ1) is 7.00. The van der Waals surface area contributed by atoms with Crippen molar-refractivity contribution in [1.29, 1.82) is 0 Å². The van der Waals surface area contributed by atoms with Crippen LogP contribution in [0.25, 0.3) is 0 Å². The Bertz CT molecular complexity index is 298. The molecule has 2 atom stereocenters. The molecule has 0 amide bonds. The van der Waals surface area contributed by atoms with Gasteiger partial charge in [0, 0.05) is 0 Å². The van der Waals surface area contributed by atoms with Crippen LogP contribution in [-0.4, -0.2) is 33.1 Å². The van der Waals surface area contributed by atoms with Gasteiger partial charge in [-0.15, -0.1) is 0 Å². The van der Waals surface area contributed by atoms with Crippen LogP contribution in [0.2, 0.25) is 0 Å². The van der Waals surface area contributed by atoms with Gasteiger partial charge in [-0.2, -0.15) is 0 Å². The Kier molecular flexibility index (Phi) is 3.44. The molecule has 2 aliphatic rings. The van der Waals surface area contributed by atoms with Gasteiger partial charge in [0.25, 0.3) is 0 Å². The summed E-state index contributed by atoms with van der Waals surface area (Å²) in [6, 6.07) is 0. The molecule has 2 rings (SSSR count). The second kappa shape index (κ2) is 4.34. The molecule has 0 spiro atoms. The predicted molar refractivity (Wildman–Crippen MR) is 76.2 cm³/mol. The third-order valence-electron chi connectivity index (χ3n) is 2.30. The van der Waals surface area contributed by atoms with Crippen LogP contribution in [0.5, 0.6) is 0 Å². The molecule has 0 fully saturated rings. The van der Waals surface area contributed by atoms with Gasteiger partial charge in [-0.3, -0.25) is 0 Å². The summed E-state index contributed by atoms with van der Waals surface area (Å²) in [5.74, 6) is 1.48. The maximum atomic E-state index is 5.56. The molecule has 0 radical (unpaired) electrons. The zero-order valence-electron chi connectivity index (χ0n) is 8.54. The smallest absolute Gasteiger partial charge is 0.199 e. The van der Waals surface area contributed by atoms with Crippen molar-refractivity contribution in [3.63, 3.8) is 0 Å². The van der Waals surface area contributed by atoms with Crippen LogP contribution >= 0.6 is 45.2 Å². The van der Waals surface area contributed by atoms with E-state index in [9.17, 15) is 0 Å². The highest BCUT2D eigenvalue weighted by atomic mass is 127. The van der Waals surface area contributed by atoms with Crippen LogP contribution in [-0.2, 0) is 9.47 Å². The normalized spacial score (nSPS) is 30.7. The second-order valence-electron chi connectivity index (χ2n) is 3.98. The largest absolute Gasteiger partial charge is 0.477 e. The monoisotopic (exact) mass is 434 g/mol. The van der Waals surface area contributed by atoms with E-state index in [1.807, 2.05) is 13.8 Å². The first-order valence-corrected chi connectivity index (χ1v) is 7.19. The van der Waals surface area contributed by atoms with Crippen LogP contribution in [0.4, 0.5) is 0 Å². The quantitative estimate of drug-likeness (QED) is 0.381. The third kappa shape index (κ3) is 2.40. The van der Waals surface area contributed by atoms with Crippen molar-refractivity contribution in [3.05, 3.63) is 0 Å². The number of halogens is 2. The minimum atomic E-state index is -0.333. The van der Waals surface area contributed by atoms with E-state index in [4.69, 9.17) is 9.47 Å². The van der Waals surface area contributed by atoms with E-state index < -0.39 is 0 Å². The number of aliphatic imine (C=N–C) groups is 2. The Labute approximate surface area is 116 Å². The summed E-state index contributed by atoms with van der Waals surface area (Å²) in [7, 11) is 0. The van der Waals surface area contributed by atoms with Crippen LogP contribution < -0.4 is 0 Å². The first kappa shape index (κ1) is 11.9. The minimum absolute atomic E-state index is 0.217. The lowest BCUT2D eigenvalue weighted by Crippen LogP contribution is -2.34. The van der Waals surface area contributed by atoms with E-state index in [1.54, 1.807) is 0 Å². The predicted octanol–water partition coefficient (Wildman–Crippen LogP) is 2.39. The van der Waals surface area contributed by atoms with Crippen molar-refractivity contribution in [2.45, 2.75) is 21.9 Å². The number of ether oxygens (including phenoxy) is 2. The molecule has 2 aliphatic heterocycles. The van der Waals surface area contributed by atoms with E-state index in [1.165, 1.54) is 0 Å². The molecule has 0 aromatic carbocycles. The maximum Gasteiger partial charge on any atom is 0.199 e. The van der Waals surface area contributed by atoms with Gasteiger partial charge >= 0.3 is 0 Å². The van der Waals surface area contributed by atoms with Gasteiger partial charge < -0.3 is 9.47 Å². The summed E-state index contributed by atoms with van der Waals surface area (Å²) in [6.45, 7) is 5.38. The number of alkyl halides is 2. The molecule has 0 saturated carbocycles. The van der Waals surface area contributed by atoms with Crippen LogP contribution in [0.1, 0.15) is 13.8 Å². The molecule has 15 heavy (non-hydrogen) atoms. The van der Waals surface area contributed by atoms with Gasteiger partial charge in [-0.25, -0.2) is 9.98 Å². The van der Waals surface area contributed by atoms with Gasteiger partial charge in [0.05, 0.1) is 0 Å². The van der Waals surface area contributed by atoms with Gasteiger partial charge in [-0.05, 0) is 13.8 Å². The number of rotatable bonds is 2. The van der Waals surface area contributed by atoms with Gasteiger partial charge in [0.1, 0.15) is 26.7 Å². The van der Waals surface area contributed by atoms with Crippen molar-refractivity contribution in [2.24, 2.45) is 15.4 Å². The Morgan fingerprint density at radius 2 is 1.47 bits per heavy atom. The molecule has 0 bridgehead atoms. The number of nitrogens with zero attached hydrogens (tertiary/aromatic N) is 2. The van der Waals surface area contributed by atoms with Crippen molar-refractivity contribution < 1.29 is 9.47 Å². The Morgan fingerprint density at radius 1 is 1.07 bits per heavy atom. The summed E-state index contributed by atoms with van der Waals surface area (Å²) in [4.78, 5) is 8.90. The zero-order chi connectivity index (χ0) is 11.1. The molecule has 6 heteroatoms. The van der Waals surface area contributed by atoms with E-state index in [2.05, 4.69) is 55.2 Å². The average Bonchev–Trinajstić information content (AvgIpc) is 2.74. The number of hydrogen-bond donors (Lipinski definition) is 0. The Morgan fingerprint density at radius 3 is 1.73 bits per heavy atom. The molecule has 1 unspecified atom stereocenters. The summed E-state index contributed by atoms with van der Waals surface area (Å²) in [5, 5.41) is 0. The molecule has 84 valence electrons. The van der Waals surface area contributed by atoms with E-state index in [-0.39, 0.29) is 13.5 Å². The minimum Gasteiger partial charge on any atom is -0.477 e. The molecule has 0 aromatic rings. The number of hydrogen-bond acceptors (Lipinski definition) is 4. The summed E-state index contributed by atoms with van der Waals surface area (Å²) in [5.41, 5.74) is -0.333. The fraction of sp³-hybridized carbons (Fsp3) is 0.778. The molecule has 0 aromatic heterocycles. The molecule has 4 nitrogen and oxygen atoms in total. The van der Waals surface area contributed by atoms with Gasteiger partial charge in [0.15, 0.2) is 11.8 Å². The van der Waals surface area contributed by atoms with Crippen molar-refractivity contribution in [3.8, 4) is 0 Å². The summed E-state index contributed by atoms with van der Waals surface area (Å²) >= 11 is 4.52. The van der Waals surface area contributed by atoms with Crippen LogP contribution in [0.15, 0.2) is 9.98 Å². The Balaban J connectivity index is 2.20. The lowest BCUT2D eigenvalue weighted by molar-refractivity contribution is 0.280. The molecule has 0 N–H and O–H groups in total. The fourth-order valence-corrected chi connectivity index (χ4v) is 2.34. The zero-order valence-corrected chi connectivity index (χ0v) is 12.9. The molecule has 2 heterocycles. The molecular weight excluding hydrogens is 422 g/mol. The maximum absolute atomic E-state index is 5.56. The van der Waals surface area contributed by atoms with Gasteiger partial charge in [0.2, 0.25) is 0 Å². The highest BCUT2D eigenvalue weighted by Crippen LogP contribution is 2.30. The first-order valence-electron chi connectivity index (χ1n) is 4.70. The lowest BCUT2D eigenvalue weighted by atomic mass is 9.93. The topological polar surface area (TPSA) is 43.2 Å². The van der Waals surface area contributed by atoms with Crippen molar-refractivity contribution in [1.82, 2.24) is 0 Å². The van der Waals surface area contributed by atoms with E-state index in [0.29, 0.717) is 13.2 Å². The van der Waals surface area contributed by atoms with E-state index >= 15 is 0 Å². The fourth-order valence-electron chi connectivity index (χ4n) is 1.47. The Hall–Kier alpha value is 0.400. The SMILES string of the molecule is CC(C)(C1=NC(I)CO1)C1=N[C@H](I)CO1. The third-order valence-corrected chi connectivity index (χ3v) is 3.58. The van der Waals surface area contributed by atoms with Crippen LogP contribution in [0.3, 0.4) is 0 Å². The second-order valence-corrected chi connectivity index (χ2v) is 6.86. The average molecular weight is 434 g/mol. The van der Waals surface area contributed by atoms with E-state index in [0.717, 1.165) is 11.8 Å². The lowest BCUT2D eigenvalue weighted by Gasteiger charge is -2.22. The molecule has 0 saturated heterocycles. The van der Waals surface area contributed by atoms with Crippen molar-refractivity contribution in [2.75, 3.05) is 13.2 Å². The standard InChI is InChI=1S/C9H12I2N2O2/c1-9(2,7-12-5(10)3-14-7)8-13-6(11)4-15-8/h5-6H,3-4H2,1-2H3/t5-,6?/m0/s1. The summed E-state index contributed by atoms with van der Waals surface area (Å²) < 4.78 is 11.5. The molecule has 0 aliphatic carbocycles. The molecular formula is C9H12I2N2O2. The summed E-state index contributed by atoms with van der Waals surface area (Å²) in [6.07, 6.45) is 0. The van der Waals surface area contributed by atoms with Crippen molar-refractivity contribution >= 4 is 57.0 Å². The highest BCUT2D eigenvalue weighted by molar-refractivity contribution is 14.1. The highest BCUT2D eigenvalue weighted by Gasteiger charge is 2.40.